The largest absolute Gasteiger partial charge is 0.471 e. The Hall–Kier alpha value is -1.69. The van der Waals surface area contributed by atoms with Gasteiger partial charge in [0.2, 0.25) is 0 Å². The van der Waals surface area contributed by atoms with E-state index < -0.39 is 0 Å². The van der Waals surface area contributed by atoms with Crippen LogP contribution < -0.4 is 0 Å². The van der Waals surface area contributed by atoms with E-state index in [4.69, 9.17) is 9.15 Å². The van der Waals surface area contributed by atoms with Gasteiger partial charge in [-0.25, -0.2) is 0 Å². The summed E-state index contributed by atoms with van der Waals surface area (Å²) in [6.45, 7) is 2.16. The molecule has 0 radical (unpaired) electrons. The number of hydrogen-bond donors (Lipinski definition) is 0. The maximum absolute atomic E-state index is 10.8. The normalized spacial score (nSPS) is 8.69. The van der Waals surface area contributed by atoms with Gasteiger partial charge in [0.05, 0.1) is 18.4 Å². The Morgan fingerprint density at radius 2 is 2.54 bits per heavy atom. The molecule has 0 unspecified atom stereocenters. The molecule has 0 atom stereocenters. The van der Waals surface area contributed by atoms with E-state index in [9.17, 15) is 4.79 Å². The summed E-state index contributed by atoms with van der Waals surface area (Å²) in [5.74, 6) is 5.16. The molecule has 0 N–H and O–H groups in total. The predicted molar refractivity (Wildman–Crippen MR) is 46.8 cm³/mol. The van der Waals surface area contributed by atoms with E-state index >= 15 is 0 Å². The van der Waals surface area contributed by atoms with E-state index in [1.54, 1.807) is 13.0 Å². The number of hydrogen-bond acceptors (Lipinski definition) is 3. The van der Waals surface area contributed by atoms with Crippen LogP contribution in [0.4, 0.5) is 0 Å². The summed E-state index contributed by atoms with van der Waals surface area (Å²) in [5.41, 5.74) is 0.768. The third-order valence-electron chi connectivity index (χ3n) is 1.29. The SMILES string of the molecule is CCOC(=O)CC#Cc1ccoc1. The van der Waals surface area contributed by atoms with E-state index in [-0.39, 0.29) is 12.4 Å². The van der Waals surface area contributed by atoms with Crippen LogP contribution in [0.5, 0.6) is 0 Å². The monoisotopic (exact) mass is 178 g/mol. The van der Waals surface area contributed by atoms with Crippen LogP contribution in [0.2, 0.25) is 0 Å². The highest BCUT2D eigenvalue weighted by Gasteiger charge is 1.95. The average molecular weight is 178 g/mol. The molecule has 0 amide bonds. The van der Waals surface area contributed by atoms with Crippen molar-refractivity contribution in [1.82, 2.24) is 0 Å². The number of ether oxygens (including phenoxy) is 1. The average Bonchev–Trinajstić information content (AvgIpc) is 2.57. The van der Waals surface area contributed by atoms with Crippen molar-refractivity contribution in [3.8, 4) is 11.8 Å². The summed E-state index contributed by atoms with van der Waals surface area (Å²) in [5, 5.41) is 0. The zero-order chi connectivity index (χ0) is 9.52. The molecule has 1 aromatic rings. The first-order valence-electron chi connectivity index (χ1n) is 3.99. The van der Waals surface area contributed by atoms with E-state index in [1.165, 1.54) is 12.5 Å². The minimum absolute atomic E-state index is 0.124. The molecule has 0 aliphatic rings. The molecule has 1 rings (SSSR count). The lowest BCUT2D eigenvalue weighted by Gasteiger charge is -1.94. The maximum Gasteiger partial charge on any atom is 0.317 e. The van der Waals surface area contributed by atoms with Crippen LogP contribution in [-0.4, -0.2) is 12.6 Å². The Kier molecular flexibility index (Phi) is 3.65. The zero-order valence-electron chi connectivity index (χ0n) is 7.37. The second-order valence-corrected chi connectivity index (χ2v) is 2.30. The first-order chi connectivity index (χ1) is 6.33. The Balaban J connectivity index is 2.37. The van der Waals surface area contributed by atoms with Gasteiger partial charge in [0.15, 0.2) is 0 Å². The van der Waals surface area contributed by atoms with Gasteiger partial charge in [-0.1, -0.05) is 11.8 Å². The number of carbonyl (C=O) groups excluding carboxylic acids is 1. The fourth-order valence-electron chi connectivity index (χ4n) is 0.766. The lowest BCUT2D eigenvalue weighted by molar-refractivity contribution is -0.141. The van der Waals surface area contributed by atoms with Gasteiger partial charge in [-0.05, 0) is 13.0 Å². The fourth-order valence-corrected chi connectivity index (χ4v) is 0.766. The van der Waals surface area contributed by atoms with Crippen molar-refractivity contribution in [3.05, 3.63) is 24.2 Å². The molecule has 0 fully saturated rings. The zero-order valence-corrected chi connectivity index (χ0v) is 7.37. The first-order valence-corrected chi connectivity index (χ1v) is 3.99. The Labute approximate surface area is 76.7 Å². The lowest BCUT2D eigenvalue weighted by atomic mass is 10.3. The third kappa shape index (κ3) is 3.48. The third-order valence-corrected chi connectivity index (χ3v) is 1.29. The molecule has 1 aromatic heterocycles. The molecule has 0 spiro atoms. The molecule has 0 aromatic carbocycles. The van der Waals surface area contributed by atoms with Crippen molar-refractivity contribution in [1.29, 1.82) is 0 Å². The summed E-state index contributed by atoms with van der Waals surface area (Å²) in [4.78, 5) is 10.8. The number of rotatable bonds is 2. The Morgan fingerprint density at radius 1 is 1.69 bits per heavy atom. The quantitative estimate of drug-likeness (QED) is 0.510. The van der Waals surface area contributed by atoms with Crippen molar-refractivity contribution in [2.45, 2.75) is 13.3 Å². The standard InChI is InChI=1S/C10H10O3/c1-2-13-10(11)5-3-4-9-6-7-12-8-9/h6-8H,2,5H2,1H3. The molecule has 0 aliphatic carbocycles. The summed E-state index contributed by atoms with van der Waals surface area (Å²) in [6.07, 6.45) is 3.19. The molecule has 0 bridgehead atoms. The van der Waals surface area contributed by atoms with Crippen LogP contribution in [0, 0.1) is 11.8 Å². The van der Waals surface area contributed by atoms with Gasteiger partial charge in [0.25, 0.3) is 0 Å². The number of esters is 1. The fraction of sp³-hybridized carbons (Fsp3) is 0.300. The van der Waals surface area contributed by atoms with Crippen LogP contribution in [0.15, 0.2) is 23.0 Å². The van der Waals surface area contributed by atoms with Crippen LogP contribution in [0.3, 0.4) is 0 Å². The van der Waals surface area contributed by atoms with Crippen LogP contribution >= 0.6 is 0 Å². The maximum atomic E-state index is 10.8. The van der Waals surface area contributed by atoms with Gasteiger partial charge < -0.3 is 9.15 Å². The topological polar surface area (TPSA) is 39.4 Å². The van der Waals surface area contributed by atoms with E-state index in [2.05, 4.69) is 11.8 Å². The second-order valence-electron chi connectivity index (χ2n) is 2.30. The van der Waals surface area contributed by atoms with Gasteiger partial charge in [-0.15, -0.1) is 0 Å². The summed E-state index contributed by atoms with van der Waals surface area (Å²) in [6, 6.07) is 1.73. The lowest BCUT2D eigenvalue weighted by Crippen LogP contribution is -2.01. The number of carbonyl (C=O) groups is 1. The van der Waals surface area contributed by atoms with Crippen molar-refractivity contribution in [2.24, 2.45) is 0 Å². The molecule has 0 saturated carbocycles. The minimum atomic E-state index is -0.293. The molecule has 0 aliphatic heterocycles. The molecule has 68 valence electrons. The van der Waals surface area contributed by atoms with Gasteiger partial charge in [-0.3, -0.25) is 4.79 Å². The van der Waals surface area contributed by atoms with Crippen LogP contribution in [-0.2, 0) is 9.53 Å². The molecule has 13 heavy (non-hydrogen) atoms. The summed E-state index contributed by atoms with van der Waals surface area (Å²) < 4.78 is 9.50. The smallest absolute Gasteiger partial charge is 0.317 e. The van der Waals surface area contributed by atoms with Gasteiger partial charge in [0, 0.05) is 0 Å². The number of furan rings is 1. The molecule has 3 nitrogen and oxygen atoms in total. The van der Waals surface area contributed by atoms with Gasteiger partial charge in [-0.2, -0.15) is 0 Å². The Bertz CT molecular complexity index is 314. The van der Waals surface area contributed by atoms with Gasteiger partial charge >= 0.3 is 5.97 Å². The molecule has 1 heterocycles. The van der Waals surface area contributed by atoms with Crippen LogP contribution in [0.1, 0.15) is 18.9 Å². The Morgan fingerprint density at radius 3 is 3.15 bits per heavy atom. The summed E-state index contributed by atoms with van der Waals surface area (Å²) >= 11 is 0. The van der Waals surface area contributed by atoms with Crippen LogP contribution in [0.25, 0.3) is 0 Å². The van der Waals surface area contributed by atoms with Crippen molar-refractivity contribution in [2.75, 3.05) is 6.61 Å². The molecular formula is C10H10O3. The first kappa shape index (κ1) is 9.40. The van der Waals surface area contributed by atoms with Crippen molar-refractivity contribution < 1.29 is 13.9 Å². The molecular weight excluding hydrogens is 168 g/mol. The van der Waals surface area contributed by atoms with Gasteiger partial charge in [0.1, 0.15) is 12.7 Å². The highest BCUT2D eigenvalue weighted by molar-refractivity contribution is 5.72. The van der Waals surface area contributed by atoms with Crippen molar-refractivity contribution in [3.63, 3.8) is 0 Å². The minimum Gasteiger partial charge on any atom is -0.471 e. The highest BCUT2D eigenvalue weighted by Crippen LogP contribution is 1.96. The molecule has 3 heteroatoms. The van der Waals surface area contributed by atoms with E-state index in [1.807, 2.05) is 0 Å². The predicted octanol–water partition coefficient (Wildman–Crippen LogP) is 1.58. The summed E-state index contributed by atoms with van der Waals surface area (Å²) in [7, 11) is 0. The van der Waals surface area contributed by atoms with E-state index in [0.29, 0.717) is 6.61 Å². The van der Waals surface area contributed by atoms with Crippen molar-refractivity contribution >= 4 is 5.97 Å². The molecule has 0 saturated heterocycles. The van der Waals surface area contributed by atoms with E-state index in [0.717, 1.165) is 5.56 Å². The highest BCUT2D eigenvalue weighted by atomic mass is 16.5. The second kappa shape index (κ2) is 5.04.